The molecule has 0 aliphatic heterocycles. The third-order valence-electron chi connectivity index (χ3n) is 2.74. The molecule has 1 heterocycles. The molecule has 0 spiro atoms. The summed E-state index contributed by atoms with van der Waals surface area (Å²) in [5.41, 5.74) is 1.33. The van der Waals surface area contributed by atoms with E-state index in [1.807, 2.05) is 13.8 Å². The van der Waals surface area contributed by atoms with E-state index in [-0.39, 0.29) is 11.9 Å². The van der Waals surface area contributed by atoms with E-state index in [1.165, 1.54) is 6.07 Å². The highest BCUT2D eigenvalue weighted by atomic mass is 19.1. The Kier molecular flexibility index (Phi) is 3.72. The van der Waals surface area contributed by atoms with Crippen molar-refractivity contribution in [2.45, 2.75) is 26.8 Å². The first kappa shape index (κ1) is 12.7. The van der Waals surface area contributed by atoms with Crippen molar-refractivity contribution in [3.05, 3.63) is 35.5 Å². The molecule has 0 saturated carbocycles. The smallest absolute Gasteiger partial charge is 0.243 e. The second-order valence-electron chi connectivity index (χ2n) is 4.20. The van der Waals surface area contributed by atoms with Gasteiger partial charge in [0.05, 0.1) is 6.04 Å². The Morgan fingerprint density at radius 1 is 1.44 bits per heavy atom. The molecule has 2 aromatic rings. The average Bonchev–Trinajstić information content (AvgIpc) is 2.82. The maximum absolute atomic E-state index is 13.2. The zero-order valence-corrected chi connectivity index (χ0v) is 10.7. The summed E-state index contributed by atoms with van der Waals surface area (Å²) in [5.74, 6) is 0.787. The van der Waals surface area contributed by atoms with Crippen molar-refractivity contribution in [3.8, 4) is 11.4 Å². The highest BCUT2D eigenvalue weighted by Crippen LogP contribution is 2.20. The number of nitrogens with one attached hydrogen (secondary N) is 1. The Bertz CT molecular complexity index is 539. The van der Waals surface area contributed by atoms with E-state index >= 15 is 0 Å². The van der Waals surface area contributed by atoms with Crippen LogP contribution in [-0.4, -0.2) is 16.7 Å². The summed E-state index contributed by atoms with van der Waals surface area (Å²) in [6.07, 6.45) is 0. The van der Waals surface area contributed by atoms with Gasteiger partial charge in [-0.3, -0.25) is 0 Å². The number of aryl methyl sites for hydroxylation is 1. The van der Waals surface area contributed by atoms with Crippen molar-refractivity contribution in [1.82, 2.24) is 15.5 Å². The standard InChI is InChI=1S/C13H16FN3O/c1-4-15-9(3)13-16-12(17-18-13)10-5-6-11(14)8(2)7-10/h5-7,9,15H,4H2,1-3H3. The van der Waals surface area contributed by atoms with Crippen molar-refractivity contribution in [1.29, 1.82) is 0 Å². The van der Waals surface area contributed by atoms with Crippen LogP contribution in [0.25, 0.3) is 11.4 Å². The van der Waals surface area contributed by atoms with Gasteiger partial charge in [-0.15, -0.1) is 0 Å². The van der Waals surface area contributed by atoms with Crippen LogP contribution in [0.1, 0.15) is 31.3 Å². The second kappa shape index (κ2) is 5.27. The van der Waals surface area contributed by atoms with Gasteiger partial charge in [-0.2, -0.15) is 4.98 Å². The Morgan fingerprint density at radius 2 is 2.22 bits per heavy atom. The van der Waals surface area contributed by atoms with E-state index in [2.05, 4.69) is 15.5 Å². The number of hydrogen-bond donors (Lipinski definition) is 1. The Morgan fingerprint density at radius 3 is 2.89 bits per heavy atom. The van der Waals surface area contributed by atoms with Gasteiger partial charge in [0, 0.05) is 5.56 Å². The molecule has 2 rings (SSSR count). The summed E-state index contributed by atoms with van der Waals surface area (Å²) in [6, 6.07) is 4.78. The molecule has 1 aromatic heterocycles. The lowest BCUT2D eigenvalue weighted by atomic mass is 10.1. The molecule has 5 heteroatoms. The topological polar surface area (TPSA) is 51.0 Å². The fourth-order valence-corrected chi connectivity index (χ4v) is 1.71. The van der Waals surface area contributed by atoms with Gasteiger partial charge in [0.2, 0.25) is 11.7 Å². The SMILES string of the molecule is CCNC(C)c1nc(-c2ccc(F)c(C)c2)no1. The van der Waals surface area contributed by atoms with E-state index < -0.39 is 0 Å². The number of aromatic nitrogens is 2. The maximum Gasteiger partial charge on any atom is 0.243 e. The lowest BCUT2D eigenvalue weighted by Crippen LogP contribution is -2.17. The highest BCUT2D eigenvalue weighted by Gasteiger charge is 2.14. The van der Waals surface area contributed by atoms with E-state index in [0.29, 0.717) is 17.3 Å². The normalized spacial score (nSPS) is 12.7. The lowest BCUT2D eigenvalue weighted by molar-refractivity contribution is 0.342. The van der Waals surface area contributed by atoms with Crippen LogP contribution in [0.15, 0.2) is 22.7 Å². The first-order valence-corrected chi connectivity index (χ1v) is 5.95. The van der Waals surface area contributed by atoms with Crippen molar-refractivity contribution < 1.29 is 8.91 Å². The monoisotopic (exact) mass is 249 g/mol. The van der Waals surface area contributed by atoms with Crippen molar-refractivity contribution in [2.24, 2.45) is 0 Å². The van der Waals surface area contributed by atoms with Gasteiger partial charge in [-0.05, 0) is 44.2 Å². The number of nitrogens with zero attached hydrogens (tertiary/aromatic N) is 2. The first-order valence-electron chi connectivity index (χ1n) is 5.95. The average molecular weight is 249 g/mol. The molecule has 0 fully saturated rings. The molecular formula is C13H16FN3O. The molecule has 0 aliphatic carbocycles. The van der Waals surface area contributed by atoms with Crippen LogP contribution in [0.4, 0.5) is 4.39 Å². The summed E-state index contributed by atoms with van der Waals surface area (Å²) >= 11 is 0. The van der Waals surface area contributed by atoms with E-state index in [0.717, 1.165) is 12.1 Å². The van der Waals surface area contributed by atoms with Crippen LogP contribution in [0.5, 0.6) is 0 Å². The molecule has 0 saturated heterocycles. The van der Waals surface area contributed by atoms with Gasteiger partial charge in [-0.25, -0.2) is 4.39 Å². The summed E-state index contributed by atoms with van der Waals surface area (Å²) < 4.78 is 18.4. The number of rotatable bonds is 4. The van der Waals surface area contributed by atoms with Gasteiger partial charge in [0.1, 0.15) is 5.82 Å². The molecule has 1 unspecified atom stereocenters. The molecule has 96 valence electrons. The van der Waals surface area contributed by atoms with Gasteiger partial charge in [0.15, 0.2) is 0 Å². The predicted molar refractivity (Wildman–Crippen MR) is 66.5 cm³/mol. The molecule has 18 heavy (non-hydrogen) atoms. The molecule has 1 aromatic carbocycles. The minimum atomic E-state index is -0.233. The van der Waals surface area contributed by atoms with Gasteiger partial charge >= 0.3 is 0 Å². The first-order chi connectivity index (χ1) is 8.61. The quantitative estimate of drug-likeness (QED) is 0.905. The Hall–Kier alpha value is -1.75. The van der Waals surface area contributed by atoms with Gasteiger partial charge < -0.3 is 9.84 Å². The molecular weight excluding hydrogens is 233 g/mol. The van der Waals surface area contributed by atoms with E-state index in [4.69, 9.17) is 4.52 Å². The minimum absolute atomic E-state index is 0.0118. The van der Waals surface area contributed by atoms with Crippen molar-refractivity contribution >= 4 is 0 Å². The Balaban J connectivity index is 2.26. The highest BCUT2D eigenvalue weighted by molar-refractivity contribution is 5.55. The third kappa shape index (κ3) is 2.56. The molecule has 0 bridgehead atoms. The molecule has 0 radical (unpaired) electrons. The van der Waals surface area contributed by atoms with Crippen LogP contribution in [0.3, 0.4) is 0 Å². The lowest BCUT2D eigenvalue weighted by Gasteiger charge is -2.05. The summed E-state index contributed by atoms with van der Waals surface area (Å²) in [5, 5.41) is 7.10. The largest absolute Gasteiger partial charge is 0.337 e. The van der Waals surface area contributed by atoms with E-state index in [1.54, 1.807) is 19.1 Å². The van der Waals surface area contributed by atoms with Crippen LogP contribution in [0, 0.1) is 12.7 Å². The summed E-state index contributed by atoms with van der Waals surface area (Å²) in [6.45, 7) is 6.50. The molecule has 1 N–H and O–H groups in total. The van der Waals surface area contributed by atoms with Gasteiger partial charge in [0.25, 0.3) is 0 Å². The number of benzene rings is 1. The Labute approximate surface area is 105 Å². The second-order valence-corrected chi connectivity index (χ2v) is 4.20. The molecule has 0 amide bonds. The van der Waals surface area contributed by atoms with E-state index in [9.17, 15) is 4.39 Å². The van der Waals surface area contributed by atoms with Crippen LogP contribution >= 0.6 is 0 Å². The number of halogens is 1. The maximum atomic E-state index is 13.2. The molecule has 4 nitrogen and oxygen atoms in total. The fourth-order valence-electron chi connectivity index (χ4n) is 1.71. The zero-order chi connectivity index (χ0) is 13.1. The zero-order valence-electron chi connectivity index (χ0n) is 10.7. The van der Waals surface area contributed by atoms with Gasteiger partial charge in [-0.1, -0.05) is 12.1 Å². The molecule has 1 atom stereocenters. The third-order valence-corrected chi connectivity index (χ3v) is 2.74. The van der Waals surface area contributed by atoms with Crippen LogP contribution in [0.2, 0.25) is 0 Å². The predicted octanol–water partition coefficient (Wildman–Crippen LogP) is 2.85. The van der Waals surface area contributed by atoms with Crippen LogP contribution in [-0.2, 0) is 0 Å². The number of hydrogen-bond acceptors (Lipinski definition) is 4. The molecule has 0 aliphatic rings. The van der Waals surface area contributed by atoms with Crippen molar-refractivity contribution in [3.63, 3.8) is 0 Å². The van der Waals surface area contributed by atoms with Crippen LogP contribution < -0.4 is 5.32 Å². The summed E-state index contributed by atoms with van der Waals surface area (Å²) in [7, 11) is 0. The minimum Gasteiger partial charge on any atom is -0.337 e. The van der Waals surface area contributed by atoms with Crippen molar-refractivity contribution in [2.75, 3.05) is 6.54 Å². The summed E-state index contributed by atoms with van der Waals surface area (Å²) in [4.78, 5) is 4.31. The fraction of sp³-hybridized carbons (Fsp3) is 0.385.